The largest absolute Gasteiger partial charge is 0.454 e. The van der Waals surface area contributed by atoms with Gasteiger partial charge in [0.2, 0.25) is 0 Å². The van der Waals surface area contributed by atoms with Crippen molar-refractivity contribution in [3.63, 3.8) is 0 Å². The molecule has 2 heterocycles. The minimum atomic E-state index is 0.878. The van der Waals surface area contributed by atoms with Crippen LogP contribution in [0.4, 0.5) is 17.1 Å². The van der Waals surface area contributed by atoms with Gasteiger partial charge in [-0.1, -0.05) is 127 Å². The Labute approximate surface area is 306 Å². The summed E-state index contributed by atoms with van der Waals surface area (Å²) >= 11 is 0. The van der Waals surface area contributed by atoms with E-state index < -0.39 is 0 Å². The second-order valence-electron chi connectivity index (χ2n) is 13.7. The van der Waals surface area contributed by atoms with Crippen molar-refractivity contribution in [3.8, 4) is 16.8 Å². The molecule has 0 spiro atoms. The van der Waals surface area contributed by atoms with Crippen LogP contribution in [-0.2, 0) is 0 Å². The molecular formula is C50H32N2O. The van der Waals surface area contributed by atoms with Gasteiger partial charge in [0.15, 0.2) is 5.58 Å². The van der Waals surface area contributed by atoms with Crippen molar-refractivity contribution in [3.05, 3.63) is 194 Å². The maximum Gasteiger partial charge on any atom is 0.160 e. The summed E-state index contributed by atoms with van der Waals surface area (Å²) in [5, 5.41) is 9.56. The van der Waals surface area contributed by atoms with Gasteiger partial charge >= 0.3 is 0 Å². The highest BCUT2D eigenvalue weighted by Crippen LogP contribution is 2.47. The molecule has 3 nitrogen and oxygen atoms in total. The number of anilines is 3. The van der Waals surface area contributed by atoms with Gasteiger partial charge in [-0.3, -0.25) is 0 Å². The van der Waals surface area contributed by atoms with Crippen LogP contribution in [0, 0.1) is 0 Å². The van der Waals surface area contributed by atoms with Crippen molar-refractivity contribution in [1.82, 2.24) is 4.57 Å². The van der Waals surface area contributed by atoms with Gasteiger partial charge in [0.1, 0.15) is 5.58 Å². The number of benzene rings is 9. The fourth-order valence-electron chi connectivity index (χ4n) is 8.35. The van der Waals surface area contributed by atoms with Gasteiger partial charge in [-0.25, -0.2) is 0 Å². The monoisotopic (exact) mass is 676 g/mol. The summed E-state index contributed by atoms with van der Waals surface area (Å²) in [6, 6.07) is 69.5. The van der Waals surface area contributed by atoms with Crippen molar-refractivity contribution >= 4 is 82.4 Å². The first-order chi connectivity index (χ1) is 26.3. The molecular weight excluding hydrogens is 645 g/mol. The van der Waals surface area contributed by atoms with Crippen LogP contribution in [0.2, 0.25) is 0 Å². The van der Waals surface area contributed by atoms with Gasteiger partial charge in [-0.05, 0) is 99.4 Å². The molecule has 11 aromatic rings. The highest BCUT2D eigenvalue weighted by Gasteiger charge is 2.23. The van der Waals surface area contributed by atoms with Crippen molar-refractivity contribution in [2.75, 3.05) is 4.90 Å². The van der Waals surface area contributed by atoms with Gasteiger partial charge in [0.25, 0.3) is 0 Å². The molecule has 0 radical (unpaired) electrons. The first kappa shape index (κ1) is 29.6. The highest BCUT2D eigenvalue weighted by atomic mass is 16.3. The molecule has 9 aromatic carbocycles. The van der Waals surface area contributed by atoms with Crippen LogP contribution in [0.25, 0.3) is 82.1 Å². The minimum absolute atomic E-state index is 0.878. The quantitative estimate of drug-likeness (QED) is 0.181. The predicted octanol–water partition coefficient (Wildman–Crippen LogP) is 14.1. The summed E-state index contributed by atoms with van der Waals surface area (Å²) in [7, 11) is 0. The van der Waals surface area contributed by atoms with Crippen LogP contribution in [0.3, 0.4) is 0 Å². The lowest BCUT2D eigenvalue weighted by Gasteiger charge is -2.26. The lowest BCUT2D eigenvalue weighted by molar-refractivity contribution is 0.669. The molecule has 0 bridgehead atoms. The van der Waals surface area contributed by atoms with E-state index in [1.807, 2.05) is 0 Å². The SMILES string of the molecule is c1ccc(N(c2ccc(-c3ccc4c(c3)c3ccccc3n4-c3ccccc3)cc2)c2cc3ccccc3c3c2oc2ccc4ccccc4c23)cc1. The van der Waals surface area contributed by atoms with E-state index in [9.17, 15) is 0 Å². The molecule has 0 aliphatic rings. The summed E-state index contributed by atoms with van der Waals surface area (Å²) in [5.41, 5.74) is 10.8. The lowest BCUT2D eigenvalue weighted by atomic mass is 9.98. The summed E-state index contributed by atoms with van der Waals surface area (Å²) in [5.74, 6) is 0. The molecule has 0 N–H and O–H groups in total. The van der Waals surface area contributed by atoms with E-state index in [-0.39, 0.29) is 0 Å². The number of aromatic nitrogens is 1. The third kappa shape index (κ3) is 4.61. The predicted molar refractivity (Wildman–Crippen MR) is 223 cm³/mol. The zero-order valence-corrected chi connectivity index (χ0v) is 28.8. The molecule has 2 aromatic heterocycles. The zero-order valence-electron chi connectivity index (χ0n) is 28.8. The molecule has 11 rings (SSSR count). The van der Waals surface area contributed by atoms with Crippen molar-refractivity contribution in [2.45, 2.75) is 0 Å². The number of rotatable bonds is 5. The molecule has 0 aliphatic heterocycles. The van der Waals surface area contributed by atoms with Gasteiger partial charge in [-0.15, -0.1) is 0 Å². The standard InChI is InChI=1S/C50H32N2O/c1-3-15-37(16-4-1)51(46-32-36-14-8-10-20-41(36)49-48-40-19-9-7-13-34(40)26-30-47(48)53-50(46)49)39-27-23-33(24-28-39)35-25-29-45-43(31-35)42-21-11-12-22-44(42)52(45)38-17-5-2-6-18-38/h1-32H. The summed E-state index contributed by atoms with van der Waals surface area (Å²) in [4.78, 5) is 2.33. The van der Waals surface area contributed by atoms with E-state index in [0.717, 1.165) is 44.7 Å². The maximum absolute atomic E-state index is 6.88. The Kier molecular flexibility index (Phi) is 6.55. The zero-order chi connectivity index (χ0) is 34.9. The smallest absolute Gasteiger partial charge is 0.160 e. The average molecular weight is 677 g/mol. The third-order valence-corrected chi connectivity index (χ3v) is 10.7. The fraction of sp³-hybridized carbons (Fsp3) is 0. The average Bonchev–Trinajstić information content (AvgIpc) is 3.79. The maximum atomic E-state index is 6.88. The van der Waals surface area contributed by atoms with Crippen molar-refractivity contribution in [1.29, 1.82) is 0 Å². The van der Waals surface area contributed by atoms with E-state index in [1.54, 1.807) is 0 Å². The van der Waals surface area contributed by atoms with Crippen LogP contribution in [-0.4, -0.2) is 4.57 Å². The second kappa shape index (κ2) is 11.7. The molecule has 0 fully saturated rings. The molecule has 0 aliphatic carbocycles. The molecule has 0 saturated heterocycles. The Morgan fingerprint density at radius 1 is 0.396 bits per heavy atom. The van der Waals surface area contributed by atoms with Gasteiger partial charge in [0, 0.05) is 38.6 Å². The van der Waals surface area contributed by atoms with Gasteiger partial charge in [-0.2, -0.15) is 0 Å². The Morgan fingerprint density at radius 2 is 1.00 bits per heavy atom. The fourth-order valence-corrected chi connectivity index (χ4v) is 8.35. The van der Waals surface area contributed by atoms with E-state index in [4.69, 9.17) is 4.42 Å². The number of para-hydroxylation sites is 3. The van der Waals surface area contributed by atoms with Gasteiger partial charge < -0.3 is 13.9 Å². The first-order valence-corrected chi connectivity index (χ1v) is 18.1. The summed E-state index contributed by atoms with van der Waals surface area (Å²) in [6.45, 7) is 0. The second-order valence-corrected chi connectivity index (χ2v) is 13.7. The van der Waals surface area contributed by atoms with E-state index >= 15 is 0 Å². The van der Waals surface area contributed by atoms with E-state index in [0.29, 0.717) is 0 Å². The molecule has 0 amide bonds. The highest BCUT2D eigenvalue weighted by molar-refractivity contribution is 6.29. The van der Waals surface area contributed by atoms with E-state index in [1.165, 1.54) is 54.5 Å². The topological polar surface area (TPSA) is 21.3 Å². The van der Waals surface area contributed by atoms with Crippen LogP contribution in [0.1, 0.15) is 0 Å². The molecule has 248 valence electrons. The lowest BCUT2D eigenvalue weighted by Crippen LogP contribution is -2.10. The van der Waals surface area contributed by atoms with Crippen LogP contribution in [0.5, 0.6) is 0 Å². The molecule has 0 unspecified atom stereocenters. The van der Waals surface area contributed by atoms with Crippen molar-refractivity contribution < 1.29 is 4.42 Å². The number of fused-ring (bicyclic) bond motifs is 10. The Hall–Kier alpha value is -7.10. The normalized spacial score (nSPS) is 11.8. The number of hydrogen-bond acceptors (Lipinski definition) is 2. The molecule has 0 atom stereocenters. The van der Waals surface area contributed by atoms with Gasteiger partial charge in [0.05, 0.1) is 16.7 Å². The molecule has 0 saturated carbocycles. The first-order valence-electron chi connectivity index (χ1n) is 18.1. The van der Waals surface area contributed by atoms with Crippen molar-refractivity contribution in [2.24, 2.45) is 0 Å². The molecule has 3 heteroatoms. The Balaban J connectivity index is 1.09. The minimum Gasteiger partial charge on any atom is -0.454 e. The molecule has 53 heavy (non-hydrogen) atoms. The summed E-state index contributed by atoms with van der Waals surface area (Å²) < 4.78 is 9.24. The summed E-state index contributed by atoms with van der Waals surface area (Å²) in [6.07, 6.45) is 0. The van der Waals surface area contributed by atoms with E-state index in [2.05, 4.69) is 204 Å². The number of furan rings is 1. The van der Waals surface area contributed by atoms with Crippen LogP contribution in [0.15, 0.2) is 199 Å². The number of nitrogens with zero attached hydrogens (tertiary/aromatic N) is 2. The third-order valence-electron chi connectivity index (χ3n) is 10.7. The number of hydrogen-bond donors (Lipinski definition) is 0. The Morgan fingerprint density at radius 3 is 1.79 bits per heavy atom. The van der Waals surface area contributed by atoms with Crippen LogP contribution < -0.4 is 4.90 Å². The Bertz CT molecular complexity index is 3160. The van der Waals surface area contributed by atoms with Crippen LogP contribution >= 0.6 is 0 Å².